The van der Waals surface area contributed by atoms with E-state index in [9.17, 15) is 14.4 Å². The number of rotatable bonds is 5. The number of nitrogens with zero attached hydrogens (tertiary/aromatic N) is 1. The van der Waals surface area contributed by atoms with Gasteiger partial charge in [-0.15, -0.1) is 0 Å². The average molecular weight is 157 g/mol. The third kappa shape index (κ3) is 4.83. The summed E-state index contributed by atoms with van der Waals surface area (Å²) < 4.78 is 0. The van der Waals surface area contributed by atoms with Crippen molar-refractivity contribution in [1.82, 2.24) is 4.90 Å². The van der Waals surface area contributed by atoms with Crippen molar-refractivity contribution in [3.63, 3.8) is 0 Å². The number of carbonyl (C=O) groups is 3. The normalized spacial score (nSPS) is 9.45. The van der Waals surface area contributed by atoms with Gasteiger partial charge >= 0.3 is 5.97 Å². The van der Waals surface area contributed by atoms with Crippen LogP contribution in [0, 0.1) is 0 Å². The summed E-state index contributed by atoms with van der Waals surface area (Å²) in [6.45, 7) is -0.0146. The lowest BCUT2D eigenvalue weighted by Crippen LogP contribution is -2.19. The Kier molecular flexibility index (Phi) is 4.39. The molecule has 0 aromatic rings. The zero-order chi connectivity index (χ0) is 8.69. The fourth-order valence-electron chi connectivity index (χ4n) is 0.386. The summed E-state index contributed by atoms with van der Waals surface area (Å²) >= 11 is 0. The van der Waals surface area contributed by atoms with Crippen LogP contribution in [-0.2, 0) is 14.4 Å². The van der Waals surface area contributed by atoms with Gasteiger partial charge in [0.2, 0.25) is 12.8 Å². The molecule has 60 valence electrons. The van der Waals surface area contributed by atoms with E-state index >= 15 is 0 Å². The Morgan fingerprint density at radius 1 is 1.36 bits per heavy atom. The predicted molar refractivity (Wildman–Crippen MR) is 35.6 cm³/mol. The summed E-state index contributed by atoms with van der Waals surface area (Å²) in [6.07, 6.45) is 2.70. The van der Waals surface area contributed by atoms with Crippen LogP contribution in [0.4, 0.5) is 0 Å². The van der Waals surface area contributed by atoms with Crippen molar-refractivity contribution in [1.29, 1.82) is 0 Å². The topological polar surface area (TPSA) is 74.7 Å². The Morgan fingerprint density at radius 2 is 1.91 bits per heavy atom. The Balaban J connectivity index is 3.75. The number of aliphatic carboxylic acids is 1. The summed E-state index contributed by atoms with van der Waals surface area (Å²) in [7, 11) is 0. The van der Waals surface area contributed by atoms with Gasteiger partial charge in [0, 0.05) is 12.6 Å². The predicted octanol–water partition coefficient (Wildman–Crippen LogP) is -0.758. The lowest BCUT2D eigenvalue weighted by molar-refractivity contribution is -0.132. The summed E-state index contributed by atoms with van der Waals surface area (Å²) in [4.78, 5) is 30.5. The van der Waals surface area contributed by atoms with Crippen LogP contribution in [0.15, 0.2) is 12.2 Å². The number of carboxylic acid groups (broad SMARTS) is 1. The van der Waals surface area contributed by atoms with E-state index in [4.69, 9.17) is 5.11 Å². The highest BCUT2D eigenvalue weighted by molar-refractivity contribution is 5.80. The van der Waals surface area contributed by atoms with Crippen LogP contribution in [0.1, 0.15) is 0 Å². The summed E-state index contributed by atoms with van der Waals surface area (Å²) in [5.74, 6) is -1.11. The fraction of sp³-hybridized carbons (Fsp3) is 0.167. The molecule has 1 N–H and O–H groups in total. The molecule has 0 saturated carbocycles. The van der Waals surface area contributed by atoms with Crippen molar-refractivity contribution in [2.75, 3.05) is 6.54 Å². The molecule has 0 rings (SSSR count). The Hall–Kier alpha value is -1.65. The number of hydrogen-bond acceptors (Lipinski definition) is 3. The maximum absolute atomic E-state index is 9.93. The summed E-state index contributed by atoms with van der Waals surface area (Å²) in [5.41, 5.74) is 0. The van der Waals surface area contributed by atoms with E-state index in [0.717, 1.165) is 11.0 Å². The second-order valence-corrected chi connectivity index (χ2v) is 1.65. The molecule has 0 aliphatic rings. The molecule has 2 amide bonds. The van der Waals surface area contributed by atoms with Crippen molar-refractivity contribution in [3.05, 3.63) is 12.2 Å². The van der Waals surface area contributed by atoms with Gasteiger partial charge in [0.05, 0.1) is 0 Å². The molecule has 0 aromatic heterocycles. The zero-order valence-corrected chi connectivity index (χ0v) is 5.64. The third-order valence-corrected chi connectivity index (χ3v) is 0.847. The number of carboxylic acids is 1. The van der Waals surface area contributed by atoms with Crippen molar-refractivity contribution < 1.29 is 19.5 Å². The molecular weight excluding hydrogens is 150 g/mol. The molecule has 0 spiro atoms. The highest BCUT2D eigenvalue weighted by atomic mass is 16.4. The smallest absolute Gasteiger partial charge is 0.328 e. The van der Waals surface area contributed by atoms with E-state index in [1.807, 2.05) is 0 Å². The number of amides is 2. The van der Waals surface area contributed by atoms with Crippen LogP contribution >= 0.6 is 0 Å². The van der Waals surface area contributed by atoms with E-state index in [0.29, 0.717) is 12.8 Å². The van der Waals surface area contributed by atoms with Gasteiger partial charge in [0.1, 0.15) is 0 Å². The number of hydrogen-bond donors (Lipinski definition) is 1. The molecule has 0 fully saturated rings. The number of carbonyl (C=O) groups excluding carboxylic acids is 2. The summed E-state index contributed by atoms with van der Waals surface area (Å²) in [5, 5.41) is 8.09. The SMILES string of the molecule is O=CN(C=O)CC=CC(=O)O. The van der Waals surface area contributed by atoms with Gasteiger partial charge in [0.25, 0.3) is 0 Å². The second-order valence-electron chi connectivity index (χ2n) is 1.65. The maximum Gasteiger partial charge on any atom is 0.328 e. The van der Waals surface area contributed by atoms with Crippen molar-refractivity contribution in [2.45, 2.75) is 0 Å². The highest BCUT2D eigenvalue weighted by Crippen LogP contribution is 1.78. The molecule has 11 heavy (non-hydrogen) atoms. The molecule has 0 aliphatic heterocycles. The molecule has 0 saturated heterocycles. The Labute approximate surface area is 62.9 Å². The van der Waals surface area contributed by atoms with Crippen LogP contribution in [-0.4, -0.2) is 35.3 Å². The van der Waals surface area contributed by atoms with Gasteiger partial charge in [-0.3, -0.25) is 14.5 Å². The highest BCUT2D eigenvalue weighted by Gasteiger charge is 1.93. The third-order valence-electron chi connectivity index (χ3n) is 0.847. The monoisotopic (exact) mass is 157 g/mol. The van der Waals surface area contributed by atoms with E-state index < -0.39 is 5.97 Å². The Morgan fingerprint density at radius 3 is 2.27 bits per heavy atom. The zero-order valence-electron chi connectivity index (χ0n) is 5.64. The van der Waals surface area contributed by atoms with E-state index in [1.165, 1.54) is 6.08 Å². The molecule has 0 bridgehead atoms. The van der Waals surface area contributed by atoms with Gasteiger partial charge in [0.15, 0.2) is 0 Å². The van der Waals surface area contributed by atoms with Crippen LogP contribution in [0.3, 0.4) is 0 Å². The average Bonchev–Trinajstić information content (AvgIpc) is 1.98. The molecule has 0 heterocycles. The van der Waals surface area contributed by atoms with Crippen molar-refractivity contribution in [2.24, 2.45) is 0 Å². The van der Waals surface area contributed by atoms with E-state index in [-0.39, 0.29) is 6.54 Å². The maximum atomic E-state index is 9.93. The van der Waals surface area contributed by atoms with Gasteiger partial charge in [-0.1, -0.05) is 6.08 Å². The minimum Gasteiger partial charge on any atom is -0.478 e. The quantitative estimate of drug-likeness (QED) is 0.420. The van der Waals surface area contributed by atoms with Gasteiger partial charge in [-0.05, 0) is 0 Å². The fourth-order valence-corrected chi connectivity index (χ4v) is 0.386. The van der Waals surface area contributed by atoms with Gasteiger partial charge in [-0.25, -0.2) is 4.79 Å². The molecule has 0 unspecified atom stereocenters. The lowest BCUT2D eigenvalue weighted by atomic mass is 10.5. The van der Waals surface area contributed by atoms with Gasteiger partial charge in [-0.2, -0.15) is 0 Å². The van der Waals surface area contributed by atoms with Crippen molar-refractivity contribution in [3.8, 4) is 0 Å². The molecule has 5 nitrogen and oxygen atoms in total. The molecule has 0 radical (unpaired) electrons. The lowest BCUT2D eigenvalue weighted by Gasteiger charge is -2.01. The van der Waals surface area contributed by atoms with Crippen molar-refractivity contribution >= 4 is 18.8 Å². The minimum atomic E-state index is -1.11. The molecule has 0 aliphatic carbocycles. The standard InChI is InChI=1S/C6H7NO4/c8-4-7(5-9)3-1-2-6(10)11/h1-2,4-5H,3H2,(H,10,11). The van der Waals surface area contributed by atoms with E-state index in [2.05, 4.69) is 0 Å². The van der Waals surface area contributed by atoms with Crippen LogP contribution < -0.4 is 0 Å². The first-order valence-corrected chi connectivity index (χ1v) is 2.76. The van der Waals surface area contributed by atoms with Gasteiger partial charge < -0.3 is 5.11 Å². The first-order valence-electron chi connectivity index (χ1n) is 2.76. The number of imide groups is 1. The molecular formula is C6H7NO4. The molecule has 5 heteroatoms. The second kappa shape index (κ2) is 5.16. The summed E-state index contributed by atoms with van der Waals surface area (Å²) in [6, 6.07) is 0. The first-order chi connectivity index (χ1) is 5.20. The largest absolute Gasteiger partial charge is 0.478 e. The molecule has 0 aromatic carbocycles. The van der Waals surface area contributed by atoms with Crippen LogP contribution in [0.5, 0.6) is 0 Å². The minimum absolute atomic E-state index is 0.0146. The Bertz CT molecular complexity index is 179. The molecule has 0 atom stereocenters. The first kappa shape index (κ1) is 9.35. The van der Waals surface area contributed by atoms with E-state index in [1.54, 1.807) is 0 Å². The van der Waals surface area contributed by atoms with Crippen LogP contribution in [0.2, 0.25) is 0 Å². The van der Waals surface area contributed by atoms with Crippen LogP contribution in [0.25, 0.3) is 0 Å².